The van der Waals surface area contributed by atoms with Gasteiger partial charge in [0.15, 0.2) is 31.2 Å². The van der Waals surface area contributed by atoms with Crippen molar-refractivity contribution in [2.24, 2.45) is 5.92 Å². The second-order valence-electron chi connectivity index (χ2n) is 15.9. The number of carbonyl (C=O) groups excluding carboxylic acids is 1. The van der Waals surface area contributed by atoms with Gasteiger partial charge >= 0.3 is 5.97 Å². The molecule has 0 aliphatic carbocycles. The third-order valence-corrected chi connectivity index (χ3v) is 22.7. The third-order valence-electron chi connectivity index (χ3n) is 9.36. The summed E-state index contributed by atoms with van der Waals surface area (Å²) in [6.45, 7) is 34.0. The van der Waals surface area contributed by atoms with Crippen LogP contribution in [-0.2, 0) is 27.5 Å². The average Bonchev–Trinajstić information content (AvgIpc) is 2.98. The minimum Gasteiger partial charge on any atom is -0.469 e. The molecule has 0 bridgehead atoms. The van der Waals surface area contributed by atoms with Gasteiger partial charge in [0.05, 0.1) is 13.0 Å². The van der Waals surface area contributed by atoms with Gasteiger partial charge in [0.25, 0.3) is 0 Å². The molecule has 0 amide bonds. The Hall–Kier alpha value is -0.0794. The molecule has 0 aromatic carbocycles. The molecule has 1 heterocycles. The highest BCUT2D eigenvalue weighted by atomic mass is 28.4. The zero-order chi connectivity index (χ0) is 30.3. The summed E-state index contributed by atoms with van der Waals surface area (Å²) >= 11 is 0. The van der Waals surface area contributed by atoms with Crippen LogP contribution in [-0.4, -0.2) is 88.2 Å². The number of esters is 1. The van der Waals surface area contributed by atoms with Crippen LogP contribution < -0.4 is 0 Å². The van der Waals surface area contributed by atoms with E-state index in [0.29, 0.717) is 6.54 Å². The largest absolute Gasteiger partial charge is 0.469 e. The summed E-state index contributed by atoms with van der Waals surface area (Å²) in [6, 6.07) is 0. The quantitative estimate of drug-likeness (QED) is 0.203. The highest BCUT2D eigenvalue weighted by molar-refractivity contribution is 6.75. The maximum Gasteiger partial charge on any atom is 0.312 e. The van der Waals surface area contributed by atoms with Crippen molar-refractivity contribution < 1.29 is 27.5 Å². The van der Waals surface area contributed by atoms with Gasteiger partial charge in [-0.25, -0.2) is 0 Å². The van der Waals surface area contributed by atoms with Crippen LogP contribution in [0, 0.1) is 5.92 Å². The molecule has 0 saturated carbocycles. The van der Waals surface area contributed by atoms with Crippen LogP contribution in [0.3, 0.4) is 0 Å². The van der Waals surface area contributed by atoms with E-state index in [0.717, 1.165) is 0 Å². The Bertz CT molecular complexity index is 796. The van der Waals surface area contributed by atoms with E-state index in [-0.39, 0.29) is 21.1 Å². The van der Waals surface area contributed by atoms with Crippen molar-refractivity contribution in [2.75, 3.05) is 27.7 Å². The van der Waals surface area contributed by atoms with Crippen LogP contribution in [0.15, 0.2) is 0 Å². The van der Waals surface area contributed by atoms with E-state index in [2.05, 4.69) is 102 Å². The molecule has 1 fully saturated rings. The molecule has 0 aromatic rings. The molecule has 7 nitrogen and oxygen atoms in total. The smallest absolute Gasteiger partial charge is 0.312 e. The zero-order valence-corrected chi connectivity index (χ0v) is 31.0. The number of carbonyl (C=O) groups is 1. The van der Waals surface area contributed by atoms with E-state index in [1.165, 1.54) is 7.11 Å². The lowest BCUT2D eigenvalue weighted by atomic mass is 9.96. The molecule has 10 heteroatoms. The van der Waals surface area contributed by atoms with Crippen LogP contribution in [0.5, 0.6) is 0 Å². The molecular formula is C28H61NO6Si3. The zero-order valence-electron chi connectivity index (χ0n) is 28.0. The van der Waals surface area contributed by atoms with Gasteiger partial charge in [0.1, 0.15) is 18.3 Å². The number of rotatable bonds is 10. The van der Waals surface area contributed by atoms with Gasteiger partial charge in [-0.15, -0.1) is 0 Å². The van der Waals surface area contributed by atoms with Crippen molar-refractivity contribution in [1.82, 2.24) is 4.90 Å². The highest BCUT2D eigenvalue weighted by Gasteiger charge is 2.58. The summed E-state index contributed by atoms with van der Waals surface area (Å²) in [6.07, 6.45) is -2.08. The maximum absolute atomic E-state index is 13.2. The van der Waals surface area contributed by atoms with Gasteiger partial charge in [-0.2, -0.15) is 0 Å². The van der Waals surface area contributed by atoms with Crippen molar-refractivity contribution in [3.8, 4) is 0 Å². The van der Waals surface area contributed by atoms with Gasteiger partial charge in [0.2, 0.25) is 0 Å². The first-order valence-corrected chi connectivity index (χ1v) is 22.8. The summed E-state index contributed by atoms with van der Waals surface area (Å²) in [5.41, 5.74) is 0. The van der Waals surface area contributed by atoms with Crippen molar-refractivity contribution in [3.05, 3.63) is 0 Å². The van der Waals surface area contributed by atoms with Crippen LogP contribution in [0.25, 0.3) is 0 Å². The fourth-order valence-corrected chi connectivity index (χ4v) is 7.39. The number of ether oxygens (including phenoxy) is 2. The van der Waals surface area contributed by atoms with E-state index in [1.54, 1.807) is 0 Å². The van der Waals surface area contributed by atoms with Crippen molar-refractivity contribution in [1.29, 1.82) is 0 Å². The molecule has 38 heavy (non-hydrogen) atoms. The second kappa shape index (κ2) is 12.0. The third kappa shape index (κ3) is 8.47. The first-order chi connectivity index (χ1) is 16.7. The lowest BCUT2D eigenvalue weighted by Crippen LogP contribution is -2.56. The molecule has 0 N–H and O–H groups in total. The lowest BCUT2D eigenvalue weighted by molar-refractivity contribution is -0.160. The molecule has 1 rings (SSSR count). The first kappa shape index (κ1) is 35.9. The molecule has 1 aliphatic rings. The molecule has 1 unspecified atom stereocenters. The van der Waals surface area contributed by atoms with Crippen LogP contribution in [0.4, 0.5) is 0 Å². The monoisotopic (exact) mass is 591 g/mol. The molecule has 1 aliphatic heterocycles. The Morgan fingerprint density at radius 2 is 1.11 bits per heavy atom. The summed E-state index contributed by atoms with van der Waals surface area (Å²) in [4.78, 5) is 15.2. The summed E-state index contributed by atoms with van der Waals surface area (Å²) < 4.78 is 33.3. The predicted molar refractivity (Wildman–Crippen MR) is 165 cm³/mol. The van der Waals surface area contributed by atoms with Gasteiger partial charge in [-0.05, 0) is 68.5 Å². The SMILES string of the molecule is COC(=O)C(CN(C)C)[C@H]1O[C@@H](O[Si](C)(C)C(C)(C)C)[C@H](O[Si](C)(C)C(C)(C)C)[C@@H]1O[Si](C)(C)C(C)(C)C. The van der Waals surface area contributed by atoms with Gasteiger partial charge < -0.3 is 27.7 Å². The maximum atomic E-state index is 13.2. The lowest BCUT2D eigenvalue weighted by Gasteiger charge is -2.45. The van der Waals surface area contributed by atoms with Gasteiger partial charge in [0, 0.05) is 6.54 Å². The van der Waals surface area contributed by atoms with E-state index < -0.39 is 55.5 Å². The Balaban J connectivity index is 3.80. The number of hydrogen-bond donors (Lipinski definition) is 0. The molecule has 0 spiro atoms. The standard InChI is InChI=1S/C28H61NO6Si3/c1-26(2,3)36(13,14)33-22-21(20(19-29(10)11)24(30)31-12)32-25(35-38(17,18)28(7,8)9)23(22)34-37(15,16)27(4,5)6/h20-23,25H,19H2,1-18H3/t20?,21-,22-,23-,25+/m1/s1. The summed E-state index contributed by atoms with van der Waals surface area (Å²) in [5.74, 6) is -0.838. The highest BCUT2D eigenvalue weighted by Crippen LogP contribution is 2.47. The molecule has 1 saturated heterocycles. The number of methoxy groups -OCH3 is 1. The topological polar surface area (TPSA) is 66.5 Å². The van der Waals surface area contributed by atoms with E-state index in [9.17, 15) is 4.79 Å². The predicted octanol–water partition coefficient (Wildman–Crippen LogP) is 6.86. The average molecular weight is 592 g/mol. The fourth-order valence-electron chi connectivity index (χ4n) is 3.69. The summed E-state index contributed by atoms with van der Waals surface area (Å²) in [5, 5.41) is -0.0591. The fraction of sp³-hybridized carbons (Fsp3) is 0.964. The van der Waals surface area contributed by atoms with Crippen LogP contribution in [0.1, 0.15) is 62.3 Å². The molecule has 5 atom stereocenters. The van der Waals surface area contributed by atoms with E-state index >= 15 is 0 Å². The van der Waals surface area contributed by atoms with Crippen molar-refractivity contribution in [2.45, 2.75) is 141 Å². The minimum atomic E-state index is -2.28. The Morgan fingerprint density at radius 3 is 1.45 bits per heavy atom. The summed E-state index contributed by atoms with van der Waals surface area (Å²) in [7, 11) is -1.44. The van der Waals surface area contributed by atoms with Crippen molar-refractivity contribution >= 4 is 30.9 Å². The van der Waals surface area contributed by atoms with Gasteiger partial charge in [-0.3, -0.25) is 4.79 Å². The van der Waals surface area contributed by atoms with E-state index in [1.807, 2.05) is 19.0 Å². The number of nitrogens with zero attached hydrogens (tertiary/aromatic N) is 1. The molecular weight excluding hydrogens is 531 g/mol. The number of hydrogen-bond acceptors (Lipinski definition) is 7. The van der Waals surface area contributed by atoms with E-state index in [4.69, 9.17) is 22.8 Å². The minimum absolute atomic E-state index is 0.0144. The Kier molecular flexibility index (Phi) is 11.4. The molecule has 0 aromatic heterocycles. The second-order valence-corrected chi connectivity index (χ2v) is 30.2. The molecule has 0 radical (unpaired) electrons. The normalized spacial score (nSPS) is 25.1. The first-order valence-electron chi connectivity index (χ1n) is 14.1. The Labute approximate surface area is 238 Å². The van der Waals surface area contributed by atoms with Gasteiger partial charge in [-0.1, -0.05) is 62.3 Å². The van der Waals surface area contributed by atoms with Crippen LogP contribution >= 0.6 is 0 Å². The molecule has 226 valence electrons. The Morgan fingerprint density at radius 1 is 0.737 bits per heavy atom. The van der Waals surface area contributed by atoms with Crippen molar-refractivity contribution in [3.63, 3.8) is 0 Å². The van der Waals surface area contributed by atoms with Crippen LogP contribution in [0.2, 0.25) is 54.4 Å².